The van der Waals surface area contributed by atoms with Crippen molar-refractivity contribution in [2.24, 2.45) is 5.92 Å². The highest BCUT2D eigenvalue weighted by molar-refractivity contribution is 5.76. The van der Waals surface area contributed by atoms with E-state index >= 15 is 0 Å². The maximum Gasteiger partial charge on any atom is 0.220 e. The van der Waals surface area contributed by atoms with Crippen molar-refractivity contribution in [3.8, 4) is 0 Å². The van der Waals surface area contributed by atoms with Crippen LogP contribution in [0.4, 0.5) is 0 Å². The molecule has 2 aliphatic rings. The number of fused-ring (bicyclic) bond motifs is 1. The van der Waals surface area contributed by atoms with Crippen LogP contribution in [-0.2, 0) is 17.8 Å². The second-order valence-corrected chi connectivity index (χ2v) is 8.35. The van der Waals surface area contributed by atoms with Crippen LogP contribution in [0.3, 0.4) is 0 Å². The van der Waals surface area contributed by atoms with Gasteiger partial charge in [0.25, 0.3) is 0 Å². The fourth-order valence-electron chi connectivity index (χ4n) is 4.18. The molecule has 1 saturated carbocycles. The number of rotatable bonds is 5. The summed E-state index contributed by atoms with van der Waals surface area (Å²) in [7, 11) is 0. The zero-order chi connectivity index (χ0) is 17.9. The minimum absolute atomic E-state index is 0.0750. The van der Waals surface area contributed by atoms with Crippen LogP contribution >= 0.6 is 0 Å². The lowest BCUT2D eigenvalue weighted by molar-refractivity contribution is -0.124. The van der Waals surface area contributed by atoms with E-state index in [9.17, 15) is 9.90 Å². The van der Waals surface area contributed by atoms with Gasteiger partial charge in [-0.2, -0.15) is 0 Å². The summed E-state index contributed by atoms with van der Waals surface area (Å²) in [6.07, 6.45) is 5.27. The van der Waals surface area contributed by atoms with Crippen LogP contribution in [0.15, 0.2) is 24.3 Å². The Bertz CT molecular complexity index is 599. The van der Waals surface area contributed by atoms with Crippen molar-refractivity contribution in [2.45, 2.75) is 70.6 Å². The number of aliphatic hydroxyl groups is 1. The lowest BCUT2D eigenvalue weighted by atomic mass is 9.84. The van der Waals surface area contributed by atoms with Crippen LogP contribution in [0.1, 0.15) is 57.1 Å². The van der Waals surface area contributed by atoms with E-state index in [-0.39, 0.29) is 23.5 Å². The number of aliphatic hydroxyl groups excluding tert-OH is 1. The molecule has 0 saturated heterocycles. The molecule has 1 fully saturated rings. The summed E-state index contributed by atoms with van der Waals surface area (Å²) in [6, 6.07) is 8.64. The van der Waals surface area contributed by atoms with Gasteiger partial charge in [0.05, 0.1) is 6.10 Å². The molecule has 0 radical (unpaired) electrons. The average Bonchev–Trinajstić information content (AvgIpc) is 2.62. The molecule has 3 rings (SSSR count). The lowest BCUT2D eigenvalue weighted by Crippen LogP contribution is -2.53. The fourth-order valence-corrected chi connectivity index (χ4v) is 4.18. The third-order valence-corrected chi connectivity index (χ3v) is 6.02. The molecule has 1 aromatic rings. The molecule has 1 aromatic carbocycles. The van der Waals surface area contributed by atoms with E-state index in [0.717, 1.165) is 45.2 Å². The van der Waals surface area contributed by atoms with E-state index in [0.29, 0.717) is 13.0 Å². The van der Waals surface area contributed by atoms with E-state index in [4.69, 9.17) is 0 Å². The van der Waals surface area contributed by atoms with Crippen molar-refractivity contribution in [1.29, 1.82) is 0 Å². The first-order chi connectivity index (χ1) is 12.0. The van der Waals surface area contributed by atoms with Gasteiger partial charge in [-0.15, -0.1) is 0 Å². The molecule has 25 heavy (non-hydrogen) atoms. The summed E-state index contributed by atoms with van der Waals surface area (Å²) >= 11 is 0. The zero-order valence-corrected chi connectivity index (χ0v) is 15.6. The van der Waals surface area contributed by atoms with E-state index in [1.54, 1.807) is 0 Å². The van der Waals surface area contributed by atoms with Crippen LogP contribution in [0.2, 0.25) is 0 Å². The summed E-state index contributed by atoms with van der Waals surface area (Å²) in [5, 5.41) is 13.2. The van der Waals surface area contributed by atoms with E-state index in [2.05, 4.69) is 48.3 Å². The van der Waals surface area contributed by atoms with E-state index in [1.807, 2.05) is 0 Å². The van der Waals surface area contributed by atoms with Gasteiger partial charge in [-0.3, -0.25) is 9.69 Å². The van der Waals surface area contributed by atoms with Gasteiger partial charge in [-0.05, 0) is 50.2 Å². The second kappa shape index (κ2) is 7.88. The van der Waals surface area contributed by atoms with Gasteiger partial charge in [0, 0.05) is 31.6 Å². The van der Waals surface area contributed by atoms with Crippen LogP contribution in [0.5, 0.6) is 0 Å². The Labute approximate surface area is 151 Å². The molecular weight excluding hydrogens is 312 g/mol. The lowest BCUT2D eigenvalue weighted by Gasteiger charge is -2.41. The Morgan fingerprint density at radius 1 is 1.24 bits per heavy atom. The summed E-state index contributed by atoms with van der Waals surface area (Å²) in [5.41, 5.74) is 2.78. The summed E-state index contributed by atoms with van der Waals surface area (Å²) in [5.74, 6) is 0.218. The molecule has 138 valence electrons. The Kier molecular flexibility index (Phi) is 5.80. The zero-order valence-electron chi connectivity index (χ0n) is 15.6. The summed E-state index contributed by atoms with van der Waals surface area (Å²) in [6.45, 7) is 7.03. The highest BCUT2D eigenvalue weighted by atomic mass is 16.3. The van der Waals surface area contributed by atoms with E-state index in [1.165, 1.54) is 11.1 Å². The molecular formula is C21H32N2O2. The number of carbonyl (C=O) groups excluding carboxylic acids is 1. The molecule has 4 heteroatoms. The molecule has 0 aromatic heterocycles. The molecule has 1 amide bonds. The number of carbonyl (C=O) groups is 1. The average molecular weight is 344 g/mol. The van der Waals surface area contributed by atoms with Crippen molar-refractivity contribution in [2.75, 3.05) is 13.1 Å². The summed E-state index contributed by atoms with van der Waals surface area (Å²) < 4.78 is 0. The third kappa shape index (κ3) is 4.62. The van der Waals surface area contributed by atoms with Gasteiger partial charge in [0.15, 0.2) is 0 Å². The minimum Gasteiger partial charge on any atom is -0.393 e. The molecule has 0 unspecified atom stereocenters. The Balaban J connectivity index is 1.51. The van der Waals surface area contributed by atoms with Crippen LogP contribution in [0, 0.1) is 5.92 Å². The maximum atomic E-state index is 12.3. The van der Waals surface area contributed by atoms with Crippen molar-refractivity contribution in [1.82, 2.24) is 10.2 Å². The predicted molar refractivity (Wildman–Crippen MR) is 100 cm³/mol. The fraction of sp³-hybridized carbons (Fsp3) is 0.667. The van der Waals surface area contributed by atoms with Crippen molar-refractivity contribution in [3.63, 3.8) is 0 Å². The molecule has 0 spiro atoms. The standard InChI is InChI=1S/C21H32N2O2/c1-21(2,23-12-11-16-7-3-4-9-18(16)14-23)15-22-20(25)13-17-8-5-6-10-19(17)24/h3-4,7,9,17,19,24H,5-6,8,10-15H2,1-2H3,(H,22,25)/t17-,19+/m1/s1. The largest absolute Gasteiger partial charge is 0.393 e. The van der Waals surface area contributed by atoms with E-state index < -0.39 is 0 Å². The van der Waals surface area contributed by atoms with Crippen LogP contribution < -0.4 is 5.32 Å². The van der Waals surface area contributed by atoms with Crippen molar-refractivity contribution < 1.29 is 9.90 Å². The van der Waals surface area contributed by atoms with Gasteiger partial charge in [0.2, 0.25) is 5.91 Å². The second-order valence-electron chi connectivity index (χ2n) is 8.35. The van der Waals surface area contributed by atoms with Gasteiger partial charge in [-0.1, -0.05) is 37.1 Å². The highest BCUT2D eigenvalue weighted by Crippen LogP contribution is 2.27. The van der Waals surface area contributed by atoms with Gasteiger partial charge < -0.3 is 10.4 Å². The van der Waals surface area contributed by atoms with Gasteiger partial charge in [0.1, 0.15) is 0 Å². The summed E-state index contributed by atoms with van der Waals surface area (Å²) in [4.78, 5) is 14.8. The topological polar surface area (TPSA) is 52.6 Å². The molecule has 1 heterocycles. The van der Waals surface area contributed by atoms with Gasteiger partial charge >= 0.3 is 0 Å². The Morgan fingerprint density at radius 3 is 2.72 bits per heavy atom. The number of hydrogen-bond acceptors (Lipinski definition) is 3. The molecule has 2 N–H and O–H groups in total. The van der Waals surface area contributed by atoms with Crippen molar-refractivity contribution >= 4 is 5.91 Å². The van der Waals surface area contributed by atoms with Crippen molar-refractivity contribution in [3.05, 3.63) is 35.4 Å². The Morgan fingerprint density at radius 2 is 1.96 bits per heavy atom. The maximum absolute atomic E-state index is 12.3. The highest BCUT2D eigenvalue weighted by Gasteiger charge is 2.31. The minimum atomic E-state index is -0.300. The molecule has 1 aliphatic carbocycles. The smallest absolute Gasteiger partial charge is 0.220 e. The predicted octanol–water partition coefficient (Wildman–Crippen LogP) is 2.88. The number of amides is 1. The first-order valence-electron chi connectivity index (χ1n) is 9.72. The van der Waals surface area contributed by atoms with Gasteiger partial charge in [-0.25, -0.2) is 0 Å². The molecule has 4 nitrogen and oxygen atoms in total. The monoisotopic (exact) mass is 344 g/mol. The first-order valence-corrected chi connectivity index (χ1v) is 9.72. The normalized spacial score (nSPS) is 24.6. The first kappa shape index (κ1) is 18.4. The number of nitrogens with zero attached hydrogens (tertiary/aromatic N) is 1. The number of nitrogens with one attached hydrogen (secondary N) is 1. The quantitative estimate of drug-likeness (QED) is 0.863. The SMILES string of the molecule is CC(C)(CNC(=O)C[C@H]1CCCC[C@@H]1O)N1CCc2ccccc2C1. The Hall–Kier alpha value is -1.39. The van der Waals surface area contributed by atoms with Crippen LogP contribution in [-0.4, -0.2) is 40.6 Å². The molecule has 2 atom stereocenters. The van der Waals surface area contributed by atoms with Crippen LogP contribution in [0.25, 0.3) is 0 Å². The number of hydrogen-bond donors (Lipinski definition) is 2. The molecule has 0 bridgehead atoms. The third-order valence-electron chi connectivity index (χ3n) is 6.02. The molecule has 1 aliphatic heterocycles. The number of benzene rings is 1.